The molecular weight excluding hydrogens is 476 g/mol. The van der Waals surface area contributed by atoms with Gasteiger partial charge in [-0.1, -0.05) is 30.3 Å². The van der Waals surface area contributed by atoms with Gasteiger partial charge in [0, 0.05) is 7.05 Å². The largest absolute Gasteiger partial charge is 0.435 e. The van der Waals surface area contributed by atoms with Crippen molar-refractivity contribution in [2.24, 2.45) is 7.05 Å². The van der Waals surface area contributed by atoms with Crippen molar-refractivity contribution in [1.82, 2.24) is 19.6 Å². The summed E-state index contributed by atoms with van der Waals surface area (Å²) < 4.78 is 32.1. The summed E-state index contributed by atoms with van der Waals surface area (Å²) in [6, 6.07) is 13.3. The summed E-state index contributed by atoms with van der Waals surface area (Å²) in [5.41, 5.74) is -0.578. The summed E-state index contributed by atoms with van der Waals surface area (Å²) in [4.78, 5) is 52.2. The Balaban J connectivity index is 1.52. The molecule has 12 heteroatoms. The van der Waals surface area contributed by atoms with E-state index >= 15 is 0 Å². The van der Waals surface area contributed by atoms with Crippen molar-refractivity contribution in [2.45, 2.75) is 26.0 Å². The van der Waals surface area contributed by atoms with Gasteiger partial charge >= 0.3 is 12.6 Å². The van der Waals surface area contributed by atoms with Gasteiger partial charge in [-0.05, 0) is 43.7 Å². The Morgan fingerprint density at radius 2 is 1.72 bits per heavy atom. The number of carbonyl (C=O) groups excluding carboxylic acids is 3. The van der Waals surface area contributed by atoms with Crippen LogP contribution < -0.4 is 20.9 Å². The Hall–Kier alpha value is -4.48. The molecule has 2 heterocycles. The highest BCUT2D eigenvalue weighted by atomic mass is 19.3. The third kappa shape index (κ3) is 4.32. The van der Waals surface area contributed by atoms with Crippen LogP contribution in [0.3, 0.4) is 0 Å². The predicted octanol–water partition coefficient (Wildman–Crippen LogP) is 2.49. The van der Waals surface area contributed by atoms with Crippen LogP contribution in [0.25, 0.3) is 5.69 Å². The van der Waals surface area contributed by atoms with E-state index in [2.05, 4.69) is 15.4 Å². The average molecular weight is 499 g/mol. The number of amides is 4. The molecule has 1 aromatic heterocycles. The Bertz CT molecular complexity index is 1380. The van der Waals surface area contributed by atoms with Crippen molar-refractivity contribution in [1.29, 1.82) is 0 Å². The fraction of sp³-hybridized carbons (Fsp3) is 0.250. The number of anilines is 1. The number of benzene rings is 2. The second-order valence-electron chi connectivity index (χ2n) is 8.33. The quantitative estimate of drug-likeness (QED) is 0.485. The van der Waals surface area contributed by atoms with Crippen LogP contribution in [-0.4, -0.2) is 45.3 Å². The molecule has 36 heavy (non-hydrogen) atoms. The Morgan fingerprint density at radius 1 is 1.08 bits per heavy atom. The summed E-state index contributed by atoms with van der Waals surface area (Å²) in [6.45, 7) is -0.541. The molecule has 0 spiro atoms. The van der Waals surface area contributed by atoms with E-state index in [1.165, 1.54) is 35.9 Å². The molecule has 0 radical (unpaired) electrons. The van der Waals surface area contributed by atoms with Crippen LogP contribution in [0.5, 0.6) is 5.75 Å². The van der Waals surface area contributed by atoms with Crippen molar-refractivity contribution in [3.8, 4) is 11.4 Å². The number of para-hydroxylation sites is 1. The molecule has 3 aromatic rings. The van der Waals surface area contributed by atoms with Crippen molar-refractivity contribution in [2.75, 3.05) is 11.9 Å². The molecule has 1 fully saturated rings. The van der Waals surface area contributed by atoms with E-state index in [9.17, 15) is 28.0 Å². The van der Waals surface area contributed by atoms with Crippen molar-refractivity contribution in [3.05, 3.63) is 76.2 Å². The monoisotopic (exact) mass is 499 g/mol. The number of ether oxygens (including phenoxy) is 1. The first-order valence-corrected chi connectivity index (χ1v) is 10.9. The zero-order valence-corrected chi connectivity index (χ0v) is 19.6. The van der Waals surface area contributed by atoms with Crippen LogP contribution in [-0.2, 0) is 22.2 Å². The molecule has 2 aromatic carbocycles. The molecule has 1 saturated heterocycles. The molecule has 10 nitrogen and oxygen atoms in total. The highest BCUT2D eigenvalue weighted by molar-refractivity contribution is 6.10. The minimum absolute atomic E-state index is 0.0239. The Kier molecular flexibility index (Phi) is 6.35. The van der Waals surface area contributed by atoms with Crippen molar-refractivity contribution < 1.29 is 27.9 Å². The number of nitrogens with zero attached hydrogens (tertiary/aromatic N) is 3. The molecule has 2 N–H and O–H groups in total. The van der Waals surface area contributed by atoms with E-state index < -0.39 is 42.1 Å². The Morgan fingerprint density at radius 3 is 2.33 bits per heavy atom. The average Bonchev–Trinajstić information content (AvgIpc) is 3.18. The molecule has 0 aliphatic carbocycles. The molecule has 0 unspecified atom stereocenters. The molecule has 0 bridgehead atoms. The fourth-order valence-electron chi connectivity index (χ4n) is 4.04. The first kappa shape index (κ1) is 24.6. The standard InChI is InChI=1S/C24H23F2N5O5/c1-14-19(20(33)31(29(14)3)16-7-5-4-6-8-16)27-18(32)13-30-21(34)24(2,28-23(30)35)15-9-11-17(12-10-15)36-22(25)26/h4-12,22H,13H2,1-3H3,(H,27,32)(H,28,35)/t24-/m0/s1. The third-order valence-corrected chi connectivity index (χ3v) is 6.05. The van der Waals surface area contributed by atoms with E-state index in [0.29, 0.717) is 16.9 Å². The van der Waals surface area contributed by atoms with Crippen LogP contribution in [0.4, 0.5) is 19.3 Å². The van der Waals surface area contributed by atoms with Gasteiger partial charge in [-0.2, -0.15) is 8.78 Å². The van der Waals surface area contributed by atoms with E-state index in [0.717, 1.165) is 4.90 Å². The lowest BCUT2D eigenvalue weighted by Gasteiger charge is -2.22. The molecule has 1 aliphatic heterocycles. The van der Waals surface area contributed by atoms with Gasteiger partial charge in [0.05, 0.1) is 11.4 Å². The summed E-state index contributed by atoms with van der Waals surface area (Å²) in [5, 5.41) is 5.05. The molecule has 1 atom stereocenters. The number of urea groups is 1. The normalized spacial score (nSPS) is 17.4. The Labute approximate surface area is 204 Å². The van der Waals surface area contributed by atoms with Crippen LogP contribution in [0, 0.1) is 6.92 Å². The first-order chi connectivity index (χ1) is 17.0. The smallest absolute Gasteiger partial charge is 0.387 e. The molecule has 1 aliphatic rings. The number of hydrogen-bond donors (Lipinski definition) is 2. The van der Waals surface area contributed by atoms with Crippen molar-refractivity contribution >= 4 is 23.5 Å². The van der Waals surface area contributed by atoms with E-state index in [4.69, 9.17) is 0 Å². The maximum Gasteiger partial charge on any atom is 0.387 e. The molecule has 4 rings (SSSR count). The lowest BCUT2D eigenvalue weighted by atomic mass is 9.92. The van der Waals surface area contributed by atoms with Gasteiger partial charge in [0.25, 0.3) is 11.5 Å². The van der Waals surface area contributed by atoms with Crippen LogP contribution in [0.15, 0.2) is 59.4 Å². The summed E-state index contributed by atoms with van der Waals surface area (Å²) in [6.07, 6.45) is 0. The molecule has 188 valence electrons. The van der Waals surface area contributed by atoms with Gasteiger partial charge < -0.3 is 15.4 Å². The van der Waals surface area contributed by atoms with Gasteiger partial charge in [-0.25, -0.2) is 9.48 Å². The second-order valence-corrected chi connectivity index (χ2v) is 8.33. The lowest BCUT2D eigenvalue weighted by Crippen LogP contribution is -2.42. The SMILES string of the molecule is Cc1c(NC(=O)CN2C(=O)N[C@@](C)(c3ccc(OC(F)F)cc3)C2=O)c(=O)n(-c2ccccc2)n1C. The van der Waals surface area contributed by atoms with Gasteiger partial charge in [0.2, 0.25) is 5.91 Å². The van der Waals surface area contributed by atoms with E-state index in [-0.39, 0.29) is 11.4 Å². The van der Waals surface area contributed by atoms with Gasteiger partial charge in [-0.15, -0.1) is 0 Å². The van der Waals surface area contributed by atoms with Crippen LogP contribution in [0.1, 0.15) is 18.2 Å². The summed E-state index contributed by atoms with van der Waals surface area (Å²) >= 11 is 0. The number of rotatable bonds is 7. The highest BCUT2D eigenvalue weighted by Gasteiger charge is 2.49. The van der Waals surface area contributed by atoms with Gasteiger partial charge in [-0.3, -0.25) is 24.0 Å². The summed E-state index contributed by atoms with van der Waals surface area (Å²) in [7, 11) is 1.67. The zero-order valence-electron chi connectivity index (χ0n) is 19.6. The number of imide groups is 1. The number of nitrogens with one attached hydrogen (secondary N) is 2. The number of hydrogen-bond acceptors (Lipinski definition) is 5. The summed E-state index contributed by atoms with van der Waals surface area (Å²) in [5.74, 6) is -1.56. The third-order valence-electron chi connectivity index (χ3n) is 6.05. The topological polar surface area (TPSA) is 115 Å². The van der Waals surface area contributed by atoms with E-state index in [1.54, 1.807) is 42.9 Å². The van der Waals surface area contributed by atoms with E-state index in [1.807, 2.05) is 6.07 Å². The number of halogens is 2. The van der Waals surface area contributed by atoms with Crippen LogP contribution in [0.2, 0.25) is 0 Å². The maximum atomic E-state index is 13.1. The molecule has 0 saturated carbocycles. The first-order valence-electron chi connectivity index (χ1n) is 10.9. The predicted molar refractivity (Wildman–Crippen MR) is 125 cm³/mol. The fourth-order valence-corrected chi connectivity index (χ4v) is 4.04. The zero-order chi connectivity index (χ0) is 26.2. The highest BCUT2D eigenvalue weighted by Crippen LogP contribution is 2.30. The van der Waals surface area contributed by atoms with Gasteiger partial charge in [0.1, 0.15) is 23.5 Å². The number of aromatic nitrogens is 2. The van der Waals surface area contributed by atoms with Gasteiger partial charge in [0.15, 0.2) is 0 Å². The minimum atomic E-state index is -3.00. The second kappa shape index (κ2) is 9.29. The maximum absolute atomic E-state index is 13.1. The molecular formula is C24H23F2N5O5. The molecule has 4 amide bonds. The lowest BCUT2D eigenvalue weighted by molar-refractivity contribution is -0.133. The van der Waals surface area contributed by atoms with Crippen molar-refractivity contribution in [3.63, 3.8) is 0 Å². The van der Waals surface area contributed by atoms with Crippen LogP contribution >= 0.6 is 0 Å². The number of carbonyl (C=O) groups is 3. The number of alkyl halides is 2. The minimum Gasteiger partial charge on any atom is -0.435 e.